The van der Waals surface area contributed by atoms with Crippen molar-refractivity contribution in [3.8, 4) is 28.7 Å². The van der Waals surface area contributed by atoms with E-state index < -0.39 is 10.0 Å². The summed E-state index contributed by atoms with van der Waals surface area (Å²) >= 11 is 0. The van der Waals surface area contributed by atoms with Crippen molar-refractivity contribution in [2.24, 2.45) is 5.92 Å². The maximum absolute atomic E-state index is 12.5. The quantitative estimate of drug-likeness (QED) is 0.361. The normalized spacial score (nSPS) is 11.5. The molecule has 0 aliphatic heterocycles. The summed E-state index contributed by atoms with van der Waals surface area (Å²) in [6.07, 6.45) is 2.68. The number of carbonyl (C=O) groups excluding carboxylic acids is 1. The number of hydrogen-bond donors (Lipinski definition) is 1. The number of rotatable bonds is 10. The first-order valence-electron chi connectivity index (χ1n) is 9.87. The minimum Gasteiger partial charge on any atom is -0.492 e. The molecule has 1 aromatic carbocycles. The molecule has 0 bridgehead atoms. The van der Waals surface area contributed by atoms with Crippen LogP contribution in [-0.2, 0) is 10.0 Å². The average Bonchev–Trinajstić information content (AvgIpc) is 3.21. The highest BCUT2D eigenvalue weighted by Gasteiger charge is 2.21. The highest BCUT2D eigenvalue weighted by Crippen LogP contribution is 2.25. The average molecular weight is 460 g/mol. The Kier molecular flexibility index (Phi) is 7.21. The van der Waals surface area contributed by atoms with Crippen molar-refractivity contribution in [1.29, 1.82) is 0 Å². The summed E-state index contributed by atoms with van der Waals surface area (Å²) in [7, 11) is -1.73. The highest BCUT2D eigenvalue weighted by atomic mass is 32.2. The van der Waals surface area contributed by atoms with Crippen LogP contribution < -0.4 is 14.2 Å². The molecule has 0 fully saturated rings. The molecule has 0 amide bonds. The SMILES string of the molecule is COc1ccc(-n2nc(C(=O)C(C)C)nc2-c2ccc(OCCNS(C)(=O)=O)cc2)cn1. The van der Waals surface area contributed by atoms with Gasteiger partial charge >= 0.3 is 0 Å². The second kappa shape index (κ2) is 9.88. The fraction of sp³-hybridized carbons (Fsp3) is 0.333. The monoisotopic (exact) mass is 459 g/mol. The number of sulfonamides is 1. The number of nitrogens with one attached hydrogen (secondary N) is 1. The molecule has 0 saturated heterocycles. The lowest BCUT2D eigenvalue weighted by Crippen LogP contribution is -2.26. The Balaban J connectivity index is 1.87. The Morgan fingerprint density at radius 2 is 1.88 bits per heavy atom. The van der Waals surface area contributed by atoms with Gasteiger partial charge in [0.05, 0.1) is 25.2 Å². The topological polar surface area (TPSA) is 125 Å². The van der Waals surface area contributed by atoms with Crippen molar-refractivity contribution in [3.63, 3.8) is 0 Å². The molecule has 3 aromatic rings. The maximum atomic E-state index is 12.5. The van der Waals surface area contributed by atoms with Crippen molar-refractivity contribution in [1.82, 2.24) is 24.5 Å². The largest absolute Gasteiger partial charge is 0.492 e. The van der Waals surface area contributed by atoms with E-state index in [1.807, 2.05) is 0 Å². The minimum absolute atomic E-state index is 0.123. The van der Waals surface area contributed by atoms with Gasteiger partial charge in [0.2, 0.25) is 27.5 Å². The number of carbonyl (C=O) groups is 1. The molecule has 0 atom stereocenters. The molecule has 0 aliphatic rings. The molecule has 0 spiro atoms. The Hall–Kier alpha value is -3.31. The summed E-state index contributed by atoms with van der Waals surface area (Å²) in [5.41, 5.74) is 1.35. The van der Waals surface area contributed by atoms with Crippen LogP contribution in [-0.4, -0.2) is 60.5 Å². The van der Waals surface area contributed by atoms with Gasteiger partial charge in [-0.15, -0.1) is 5.10 Å². The van der Waals surface area contributed by atoms with Crippen LogP contribution in [0.5, 0.6) is 11.6 Å². The number of pyridine rings is 1. The maximum Gasteiger partial charge on any atom is 0.218 e. The van der Waals surface area contributed by atoms with E-state index in [0.29, 0.717) is 23.1 Å². The predicted octanol–water partition coefficient (Wildman–Crippen LogP) is 2.10. The zero-order chi connectivity index (χ0) is 23.3. The van der Waals surface area contributed by atoms with E-state index >= 15 is 0 Å². The number of ether oxygens (including phenoxy) is 2. The van der Waals surface area contributed by atoms with Crippen molar-refractivity contribution in [3.05, 3.63) is 48.4 Å². The number of hydrogen-bond acceptors (Lipinski definition) is 8. The van der Waals surface area contributed by atoms with E-state index in [-0.39, 0.29) is 30.7 Å². The Labute approximate surface area is 186 Å². The van der Waals surface area contributed by atoms with E-state index in [1.165, 1.54) is 7.11 Å². The lowest BCUT2D eigenvalue weighted by molar-refractivity contribution is 0.0929. The standard InChI is InChI=1S/C21H25N5O5S/c1-14(2)19(27)20-24-21(26(25-20)16-7-10-18(30-3)22-13-16)15-5-8-17(9-6-15)31-12-11-23-32(4,28)29/h5-10,13-14,23H,11-12H2,1-4H3. The Morgan fingerprint density at radius 1 is 1.16 bits per heavy atom. The summed E-state index contributed by atoms with van der Waals surface area (Å²) in [5, 5.41) is 4.42. The zero-order valence-electron chi connectivity index (χ0n) is 18.3. The van der Waals surface area contributed by atoms with Gasteiger partial charge < -0.3 is 9.47 Å². The molecule has 0 unspecified atom stereocenters. The van der Waals surface area contributed by atoms with Crippen LogP contribution in [0.15, 0.2) is 42.6 Å². The molecule has 11 heteroatoms. The zero-order valence-corrected chi connectivity index (χ0v) is 19.1. The molecular weight excluding hydrogens is 434 g/mol. The van der Waals surface area contributed by atoms with E-state index in [4.69, 9.17) is 9.47 Å². The van der Waals surface area contributed by atoms with E-state index in [0.717, 1.165) is 11.8 Å². The smallest absolute Gasteiger partial charge is 0.218 e. The molecule has 0 aliphatic carbocycles. The number of benzene rings is 1. The van der Waals surface area contributed by atoms with E-state index in [2.05, 4.69) is 19.8 Å². The molecule has 2 aromatic heterocycles. The summed E-state index contributed by atoms with van der Waals surface area (Å²) in [6, 6.07) is 10.5. The van der Waals surface area contributed by atoms with Gasteiger partial charge in [0.1, 0.15) is 12.4 Å². The van der Waals surface area contributed by atoms with Gasteiger partial charge in [-0.2, -0.15) is 0 Å². The minimum atomic E-state index is -3.26. The van der Waals surface area contributed by atoms with Gasteiger partial charge in [-0.25, -0.2) is 27.8 Å². The Bertz CT molecular complexity index is 1170. The van der Waals surface area contributed by atoms with Crippen LogP contribution in [0.1, 0.15) is 24.5 Å². The molecule has 32 heavy (non-hydrogen) atoms. The molecule has 2 heterocycles. The van der Waals surface area contributed by atoms with Gasteiger partial charge in [-0.3, -0.25) is 4.79 Å². The molecule has 0 saturated carbocycles. The fourth-order valence-corrected chi connectivity index (χ4v) is 3.21. The van der Waals surface area contributed by atoms with Crippen molar-refractivity contribution >= 4 is 15.8 Å². The summed E-state index contributed by atoms with van der Waals surface area (Å²) in [5.74, 6) is 1.22. The second-order valence-electron chi connectivity index (χ2n) is 7.29. The molecule has 10 nitrogen and oxygen atoms in total. The molecule has 3 rings (SSSR count). The third kappa shape index (κ3) is 5.89. The van der Waals surface area contributed by atoms with E-state index in [9.17, 15) is 13.2 Å². The van der Waals surface area contributed by atoms with Crippen LogP contribution in [0.25, 0.3) is 17.1 Å². The van der Waals surface area contributed by atoms with Crippen molar-refractivity contribution in [2.45, 2.75) is 13.8 Å². The van der Waals surface area contributed by atoms with Crippen LogP contribution in [0.3, 0.4) is 0 Å². The van der Waals surface area contributed by atoms with Gasteiger partial charge in [0, 0.05) is 24.1 Å². The summed E-state index contributed by atoms with van der Waals surface area (Å²) < 4.78 is 36.8. The first-order valence-corrected chi connectivity index (χ1v) is 11.8. The van der Waals surface area contributed by atoms with Crippen LogP contribution in [0, 0.1) is 5.92 Å². The third-order valence-electron chi connectivity index (χ3n) is 4.37. The van der Waals surface area contributed by atoms with Crippen LogP contribution in [0.4, 0.5) is 0 Å². The number of methoxy groups -OCH3 is 1. The lowest BCUT2D eigenvalue weighted by Gasteiger charge is -2.09. The van der Waals surface area contributed by atoms with Crippen molar-refractivity contribution in [2.75, 3.05) is 26.5 Å². The predicted molar refractivity (Wildman–Crippen MR) is 119 cm³/mol. The van der Waals surface area contributed by atoms with Crippen LogP contribution in [0.2, 0.25) is 0 Å². The van der Waals surface area contributed by atoms with E-state index in [1.54, 1.807) is 61.1 Å². The van der Waals surface area contributed by atoms with Gasteiger partial charge in [0.15, 0.2) is 5.82 Å². The second-order valence-corrected chi connectivity index (χ2v) is 9.12. The van der Waals surface area contributed by atoms with Gasteiger partial charge in [0.25, 0.3) is 0 Å². The molecule has 170 valence electrons. The van der Waals surface area contributed by atoms with Crippen molar-refractivity contribution < 1.29 is 22.7 Å². The number of Topliss-reactive ketones (excluding diaryl/α,β-unsaturated/α-hetero) is 1. The number of ketones is 1. The highest BCUT2D eigenvalue weighted by molar-refractivity contribution is 7.88. The summed E-state index contributed by atoms with van der Waals surface area (Å²) in [4.78, 5) is 21.2. The van der Waals surface area contributed by atoms with Gasteiger partial charge in [-0.05, 0) is 30.3 Å². The lowest BCUT2D eigenvalue weighted by atomic mass is 10.1. The molecular formula is C21H25N5O5S. The molecule has 0 radical (unpaired) electrons. The first kappa shape index (κ1) is 23.4. The number of aromatic nitrogens is 4. The Morgan fingerprint density at radius 3 is 2.44 bits per heavy atom. The summed E-state index contributed by atoms with van der Waals surface area (Å²) in [6.45, 7) is 3.94. The first-order chi connectivity index (χ1) is 15.2. The van der Waals surface area contributed by atoms with Gasteiger partial charge in [-0.1, -0.05) is 13.8 Å². The third-order valence-corrected chi connectivity index (χ3v) is 5.10. The number of nitrogens with zero attached hydrogens (tertiary/aromatic N) is 4. The molecule has 1 N–H and O–H groups in total. The van der Waals surface area contributed by atoms with Crippen LogP contribution >= 0.6 is 0 Å². The fourth-order valence-electron chi connectivity index (χ4n) is 2.76.